The second-order valence-electron chi connectivity index (χ2n) is 22.6. The number of esters is 3. The second kappa shape index (κ2) is 35.5. The van der Waals surface area contributed by atoms with Crippen LogP contribution in [-0.4, -0.2) is 148 Å². The molecule has 0 fully saturated rings. The molecule has 5 heterocycles. The number of benzene rings is 2. The molecule has 22 heteroatoms. The van der Waals surface area contributed by atoms with Crippen LogP contribution in [0.25, 0.3) is 51.4 Å². The molecular weight excluding hydrogens is 1200 g/mol. The summed E-state index contributed by atoms with van der Waals surface area (Å²) in [6.07, 6.45) is 9.47. The van der Waals surface area contributed by atoms with Crippen molar-refractivity contribution in [2.24, 2.45) is 0 Å². The van der Waals surface area contributed by atoms with Gasteiger partial charge in [0.15, 0.2) is 34.6 Å². The number of hydrogen-bond acceptors (Lipinski definition) is 18. The number of ketones is 2. The number of rotatable bonds is 35. The molecule has 0 saturated carbocycles. The molecule has 22 nitrogen and oxygen atoms in total. The summed E-state index contributed by atoms with van der Waals surface area (Å²) >= 11 is 0. The minimum atomic E-state index is -0.550. The third kappa shape index (κ3) is 19.5. The fourth-order valence-corrected chi connectivity index (χ4v) is 11.1. The number of carbonyl (C=O) groups excluding carboxylic acids is 7. The van der Waals surface area contributed by atoms with Crippen LogP contribution in [0, 0.1) is 13.8 Å². The molecule has 2 aromatic carbocycles. The first kappa shape index (κ1) is 71.9. The van der Waals surface area contributed by atoms with E-state index in [1.807, 2.05) is 39.0 Å². The Bertz CT molecular complexity index is 3870. The zero-order valence-electron chi connectivity index (χ0n) is 55.1. The molecule has 8 bridgehead atoms. The van der Waals surface area contributed by atoms with E-state index in [1.165, 1.54) is 64.9 Å². The van der Waals surface area contributed by atoms with Crippen molar-refractivity contribution in [3.05, 3.63) is 135 Å². The lowest BCUT2D eigenvalue weighted by molar-refractivity contribution is -0.141. The molecule has 7 rings (SSSR count). The maximum Gasteiger partial charge on any atom is 0.311 e. The maximum absolute atomic E-state index is 14.6. The van der Waals surface area contributed by atoms with Gasteiger partial charge in [-0.25, -0.2) is 4.98 Å². The maximum atomic E-state index is 14.6. The Kier molecular flexibility index (Phi) is 27.2. The minimum Gasteiger partial charge on any atom is -0.504 e. The number of allylic oxidation sites excluding steroid dienone is 3. The predicted molar refractivity (Wildman–Crippen MR) is 358 cm³/mol. The third-order valence-electron chi connectivity index (χ3n) is 16.3. The minimum absolute atomic E-state index is 0.0111. The van der Waals surface area contributed by atoms with Gasteiger partial charge >= 0.3 is 17.9 Å². The molecule has 0 radical (unpaired) electrons. The molecule has 2 aliphatic heterocycles. The number of aryl methyl sites for hydroxylation is 3. The van der Waals surface area contributed by atoms with Gasteiger partial charge in [0.05, 0.1) is 90.4 Å². The van der Waals surface area contributed by atoms with Gasteiger partial charge < -0.3 is 63.6 Å². The number of hydrogen-bond donors (Lipinski definition) is 5. The van der Waals surface area contributed by atoms with Crippen molar-refractivity contribution >= 4 is 92.7 Å². The average molecular weight is 1290 g/mol. The topological polar surface area (TPSA) is 295 Å². The molecule has 2 aliphatic rings. The zero-order chi connectivity index (χ0) is 67.8. The number of aromatic nitrogens is 4. The van der Waals surface area contributed by atoms with Crippen LogP contribution in [0.4, 0.5) is 0 Å². The molecule has 500 valence electrons. The van der Waals surface area contributed by atoms with Crippen molar-refractivity contribution in [2.75, 3.05) is 81.2 Å². The normalized spacial score (nSPS) is 13.7. The highest BCUT2D eigenvalue weighted by Gasteiger charge is 2.36. The standard InChI is InChI=1S/C72H86N6O16/c1-11-51-43(3)55-40-57-45(5)53(24-27-66(83)89-9)70(77-57)54(39-68(85)90-10)71-69(46(6)58(78-71)42-60-52(12-2)44(4)56(76-60)41-59(51)75-55)72(86)74-29-15-31-92-33-35-93-34-32-91-30-14-28-73-65(82)16-13-17-67(84)94-62-26-21-48(37-64(62)88-8)19-23-50(80)38-49(79)22-18-47-20-25-61(81)63(36-47)87-7/h11,18-23,25-26,36-37,40-42,45,53,75-76,81H,1,12-17,24,27-35,38-39H2,2-10H3,(H,73,82)(H,74,86)/b22-18+,23-19+,55-40?,56-41?,57-40?,58-42?,59-41?,60-42?,70-54?,71-54?. The number of aromatic amines is 2. The number of ether oxygens (including phenoxy) is 8. The van der Waals surface area contributed by atoms with Gasteiger partial charge in [0.25, 0.3) is 5.91 Å². The number of H-pyrrole nitrogens is 2. The van der Waals surface area contributed by atoms with Crippen LogP contribution in [0.2, 0.25) is 0 Å². The average Bonchev–Trinajstić information content (AvgIpc) is 1.60. The van der Waals surface area contributed by atoms with Gasteiger partial charge in [0.2, 0.25) is 5.91 Å². The van der Waals surface area contributed by atoms with E-state index in [0.717, 1.165) is 56.4 Å². The highest BCUT2D eigenvalue weighted by Crippen LogP contribution is 2.44. The number of amides is 2. The Morgan fingerprint density at radius 1 is 0.638 bits per heavy atom. The van der Waals surface area contributed by atoms with Crippen molar-refractivity contribution in [1.29, 1.82) is 0 Å². The molecule has 2 amide bonds. The Hall–Kier alpha value is -9.51. The Morgan fingerprint density at radius 3 is 1.89 bits per heavy atom. The fraction of sp³-hybridized carbons (Fsp3) is 0.403. The number of aromatic hydroxyl groups is 1. The molecule has 0 aliphatic carbocycles. The number of phenols is 1. The summed E-state index contributed by atoms with van der Waals surface area (Å²) in [5, 5.41) is 15.7. The fourth-order valence-electron chi connectivity index (χ4n) is 11.1. The highest BCUT2D eigenvalue weighted by atomic mass is 16.6. The highest BCUT2D eigenvalue weighted by molar-refractivity contribution is 6.27. The molecule has 0 saturated heterocycles. The van der Waals surface area contributed by atoms with Crippen molar-refractivity contribution in [3.8, 4) is 23.0 Å². The third-order valence-corrected chi connectivity index (χ3v) is 16.3. The van der Waals surface area contributed by atoms with Crippen LogP contribution in [0.15, 0.2) is 73.3 Å². The van der Waals surface area contributed by atoms with Crippen molar-refractivity contribution in [3.63, 3.8) is 0 Å². The first-order valence-corrected chi connectivity index (χ1v) is 31.5. The van der Waals surface area contributed by atoms with Gasteiger partial charge in [-0.15, -0.1) is 0 Å². The van der Waals surface area contributed by atoms with E-state index < -0.39 is 23.5 Å². The first-order chi connectivity index (χ1) is 45.3. The molecule has 2 unspecified atom stereocenters. The van der Waals surface area contributed by atoms with Crippen molar-refractivity contribution < 1.29 is 76.6 Å². The van der Waals surface area contributed by atoms with Gasteiger partial charge in [0.1, 0.15) is 0 Å². The Labute approximate surface area is 547 Å². The molecule has 2 atom stereocenters. The van der Waals surface area contributed by atoms with Crippen LogP contribution in [0.5, 0.6) is 23.0 Å². The molecule has 3 aromatic heterocycles. The SMILES string of the molecule is C=Cc1c(C)c2cc3nc(c(CC(=O)OC)c4nc(cc5[nH]c(cc1[nH]2)c(C)c5CC)C(C)=C4C(=O)NCCCOCCOCCOCCCNC(=O)CCCC(=O)Oc1ccc(/C=C/C(=O)CC(=O)/C=C/c2ccc(O)c(OC)c2)cc1OC)C(CCC(=O)OC)C3C. The monoisotopic (exact) mass is 1290 g/mol. The molecule has 94 heavy (non-hydrogen) atoms. The van der Waals surface area contributed by atoms with E-state index in [9.17, 15) is 38.7 Å². The van der Waals surface area contributed by atoms with Gasteiger partial charge in [-0.05, 0) is 141 Å². The van der Waals surface area contributed by atoms with Gasteiger partial charge in [-0.3, -0.25) is 38.5 Å². The van der Waals surface area contributed by atoms with Crippen LogP contribution >= 0.6 is 0 Å². The Morgan fingerprint density at radius 2 is 1.26 bits per heavy atom. The smallest absolute Gasteiger partial charge is 0.311 e. The van der Waals surface area contributed by atoms with Crippen molar-refractivity contribution in [2.45, 2.75) is 111 Å². The van der Waals surface area contributed by atoms with Gasteiger partial charge in [0, 0.05) is 96.3 Å². The van der Waals surface area contributed by atoms with Crippen molar-refractivity contribution in [1.82, 2.24) is 30.6 Å². The summed E-state index contributed by atoms with van der Waals surface area (Å²) in [7, 11) is 5.49. The van der Waals surface area contributed by atoms with E-state index in [4.69, 9.17) is 47.9 Å². The number of methoxy groups -OCH3 is 4. The van der Waals surface area contributed by atoms with Crippen LogP contribution in [0.1, 0.15) is 146 Å². The summed E-state index contributed by atoms with van der Waals surface area (Å²) in [5.74, 6) is -2.81. The molecular formula is C72H86N6O16. The molecule has 5 N–H and O–H groups in total. The van der Waals surface area contributed by atoms with Crippen LogP contribution in [-0.2, 0) is 70.1 Å². The number of carbonyl (C=O) groups is 7. The summed E-state index contributed by atoms with van der Waals surface area (Å²) in [5.41, 5.74) is 12.2. The summed E-state index contributed by atoms with van der Waals surface area (Å²) in [6, 6.07) is 15.4. The number of fused-ring (bicyclic) bond motifs is 8. The second-order valence-corrected chi connectivity index (χ2v) is 22.6. The lowest BCUT2D eigenvalue weighted by atomic mass is 9.84. The lowest BCUT2D eigenvalue weighted by Crippen LogP contribution is -2.27. The van der Waals surface area contributed by atoms with Crippen LogP contribution in [0.3, 0.4) is 0 Å². The predicted octanol–water partition coefficient (Wildman–Crippen LogP) is 10.4. The molecule has 5 aromatic rings. The van der Waals surface area contributed by atoms with E-state index in [0.29, 0.717) is 110 Å². The van der Waals surface area contributed by atoms with E-state index in [-0.39, 0.29) is 97.7 Å². The number of phenolic OH excluding ortho intramolecular Hbond substituents is 1. The van der Waals surface area contributed by atoms with Gasteiger partial charge in [-0.1, -0.05) is 50.8 Å². The first-order valence-electron chi connectivity index (χ1n) is 31.5. The van der Waals surface area contributed by atoms with Crippen LogP contribution < -0.4 is 24.8 Å². The summed E-state index contributed by atoms with van der Waals surface area (Å²) < 4.78 is 43.5. The van der Waals surface area contributed by atoms with E-state index in [2.05, 4.69) is 47.1 Å². The number of nitrogens with zero attached hydrogens (tertiary/aromatic N) is 2. The van der Waals surface area contributed by atoms with E-state index >= 15 is 0 Å². The summed E-state index contributed by atoms with van der Waals surface area (Å²) in [4.78, 5) is 108. The zero-order valence-corrected chi connectivity index (χ0v) is 55.1. The number of nitrogens with one attached hydrogen (secondary N) is 4. The van der Waals surface area contributed by atoms with E-state index in [1.54, 1.807) is 24.3 Å². The van der Waals surface area contributed by atoms with Gasteiger partial charge in [-0.2, -0.15) is 0 Å². The lowest BCUT2D eigenvalue weighted by Gasteiger charge is -2.18. The molecule has 0 spiro atoms. The quantitative estimate of drug-likeness (QED) is 0.00828. The Balaban J connectivity index is 0.827. The summed E-state index contributed by atoms with van der Waals surface area (Å²) in [6.45, 7) is 17.0. The largest absolute Gasteiger partial charge is 0.504 e.